The molecule has 0 bridgehead atoms. The molecule has 5 heteroatoms. The van der Waals surface area contributed by atoms with Gasteiger partial charge in [0.05, 0.1) is 19.3 Å². The second kappa shape index (κ2) is 9.47. The number of rotatable bonds is 8. The Bertz CT molecular complexity index is 637. The van der Waals surface area contributed by atoms with Crippen LogP contribution in [0, 0.1) is 0 Å². The standard InChI is InChI=1S/C23H36N2O3/c1-3-26-22-15-19-14-18(2)28-23(19)16-20(22)17-25-10-6-21(7-11-25)27-13-12-24-8-4-5-9-24/h15-16,18,21H,3-14,17H2,1-2H3. The van der Waals surface area contributed by atoms with E-state index in [4.69, 9.17) is 14.2 Å². The molecule has 4 rings (SSSR count). The van der Waals surface area contributed by atoms with Gasteiger partial charge in [0.1, 0.15) is 17.6 Å². The Morgan fingerprint density at radius 3 is 2.61 bits per heavy atom. The molecular formula is C23H36N2O3. The number of benzene rings is 1. The van der Waals surface area contributed by atoms with Crippen molar-refractivity contribution in [2.75, 3.05) is 45.9 Å². The molecule has 1 unspecified atom stereocenters. The van der Waals surface area contributed by atoms with Gasteiger partial charge >= 0.3 is 0 Å². The average Bonchev–Trinajstić information content (AvgIpc) is 3.32. The third-order valence-electron chi connectivity index (χ3n) is 6.27. The van der Waals surface area contributed by atoms with Gasteiger partial charge in [-0.3, -0.25) is 4.90 Å². The molecule has 0 aliphatic carbocycles. The maximum atomic E-state index is 6.16. The van der Waals surface area contributed by atoms with E-state index in [1.54, 1.807) is 0 Å². The summed E-state index contributed by atoms with van der Waals surface area (Å²) >= 11 is 0. The van der Waals surface area contributed by atoms with Crippen LogP contribution in [-0.4, -0.2) is 67.9 Å². The van der Waals surface area contributed by atoms with Crippen LogP contribution in [0.1, 0.15) is 50.7 Å². The van der Waals surface area contributed by atoms with Crippen molar-refractivity contribution in [3.63, 3.8) is 0 Å². The van der Waals surface area contributed by atoms with E-state index in [9.17, 15) is 0 Å². The fourth-order valence-corrected chi connectivity index (χ4v) is 4.72. The van der Waals surface area contributed by atoms with Crippen LogP contribution in [0.2, 0.25) is 0 Å². The van der Waals surface area contributed by atoms with E-state index >= 15 is 0 Å². The van der Waals surface area contributed by atoms with Gasteiger partial charge in [0.15, 0.2) is 0 Å². The quantitative estimate of drug-likeness (QED) is 0.681. The zero-order valence-corrected chi connectivity index (χ0v) is 17.6. The number of likely N-dealkylation sites (tertiary alicyclic amines) is 2. The van der Waals surface area contributed by atoms with Gasteiger partial charge in [0.2, 0.25) is 0 Å². The minimum atomic E-state index is 0.271. The molecule has 0 aromatic heterocycles. The SMILES string of the molecule is CCOc1cc2c(cc1CN1CCC(OCCN3CCCC3)CC1)OC(C)C2. The Hall–Kier alpha value is -1.30. The lowest BCUT2D eigenvalue weighted by atomic mass is 10.0. The Morgan fingerprint density at radius 1 is 1.07 bits per heavy atom. The van der Waals surface area contributed by atoms with Crippen LogP contribution in [0.4, 0.5) is 0 Å². The lowest BCUT2D eigenvalue weighted by Gasteiger charge is -2.32. The smallest absolute Gasteiger partial charge is 0.124 e. The van der Waals surface area contributed by atoms with E-state index in [1.165, 1.54) is 37.1 Å². The summed E-state index contributed by atoms with van der Waals surface area (Å²) in [7, 11) is 0. The predicted molar refractivity (Wildman–Crippen MR) is 111 cm³/mol. The molecule has 0 saturated carbocycles. The van der Waals surface area contributed by atoms with E-state index in [-0.39, 0.29) is 6.10 Å². The van der Waals surface area contributed by atoms with Gasteiger partial charge in [-0.1, -0.05) is 0 Å². The highest BCUT2D eigenvalue weighted by Gasteiger charge is 2.25. The topological polar surface area (TPSA) is 34.2 Å². The van der Waals surface area contributed by atoms with Crippen LogP contribution in [0.5, 0.6) is 11.5 Å². The number of piperidine rings is 1. The van der Waals surface area contributed by atoms with Gasteiger partial charge in [-0.05, 0) is 64.8 Å². The Balaban J connectivity index is 1.26. The van der Waals surface area contributed by atoms with Gasteiger partial charge in [-0.15, -0.1) is 0 Å². The van der Waals surface area contributed by atoms with E-state index in [2.05, 4.69) is 35.8 Å². The summed E-state index contributed by atoms with van der Waals surface area (Å²) in [5.74, 6) is 2.08. The Kier molecular flexibility index (Phi) is 6.76. The summed E-state index contributed by atoms with van der Waals surface area (Å²) in [6.45, 7) is 12.5. The normalized spacial score (nSPS) is 23.7. The minimum absolute atomic E-state index is 0.271. The van der Waals surface area contributed by atoms with Gasteiger partial charge in [0, 0.05) is 43.7 Å². The molecule has 0 spiro atoms. The van der Waals surface area contributed by atoms with Crippen molar-refractivity contribution in [3.05, 3.63) is 23.3 Å². The number of ether oxygens (including phenoxy) is 3. The fourth-order valence-electron chi connectivity index (χ4n) is 4.72. The summed E-state index contributed by atoms with van der Waals surface area (Å²) in [6.07, 6.45) is 6.65. The van der Waals surface area contributed by atoms with Crippen molar-refractivity contribution in [2.24, 2.45) is 0 Å². The van der Waals surface area contributed by atoms with E-state index in [0.717, 1.165) is 63.5 Å². The molecule has 3 aliphatic rings. The molecule has 1 aromatic carbocycles. The first-order valence-corrected chi connectivity index (χ1v) is 11.2. The molecular weight excluding hydrogens is 352 g/mol. The Morgan fingerprint density at radius 2 is 1.86 bits per heavy atom. The molecule has 1 atom stereocenters. The number of hydrogen-bond donors (Lipinski definition) is 0. The molecule has 0 N–H and O–H groups in total. The van der Waals surface area contributed by atoms with Gasteiger partial charge < -0.3 is 19.1 Å². The van der Waals surface area contributed by atoms with Crippen LogP contribution in [0.15, 0.2) is 12.1 Å². The largest absolute Gasteiger partial charge is 0.494 e. The molecule has 1 aromatic rings. The molecule has 2 saturated heterocycles. The van der Waals surface area contributed by atoms with Gasteiger partial charge in [-0.25, -0.2) is 0 Å². The summed E-state index contributed by atoms with van der Waals surface area (Å²) in [4.78, 5) is 5.06. The second-order valence-corrected chi connectivity index (χ2v) is 8.53. The highest BCUT2D eigenvalue weighted by Crippen LogP contribution is 2.36. The number of fused-ring (bicyclic) bond motifs is 1. The summed E-state index contributed by atoms with van der Waals surface area (Å²) in [5, 5.41) is 0. The first-order valence-electron chi connectivity index (χ1n) is 11.2. The Labute approximate surface area is 169 Å². The lowest BCUT2D eigenvalue weighted by molar-refractivity contribution is -0.00128. The lowest BCUT2D eigenvalue weighted by Crippen LogP contribution is -2.37. The highest BCUT2D eigenvalue weighted by molar-refractivity contribution is 5.48. The molecule has 5 nitrogen and oxygen atoms in total. The van der Waals surface area contributed by atoms with Crippen LogP contribution in [-0.2, 0) is 17.7 Å². The molecule has 3 heterocycles. The van der Waals surface area contributed by atoms with Crippen molar-refractivity contribution in [1.82, 2.24) is 9.80 Å². The molecule has 0 amide bonds. The number of nitrogens with zero attached hydrogens (tertiary/aromatic N) is 2. The zero-order valence-electron chi connectivity index (χ0n) is 17.6. The number of hydrogen-bond acceptors (Lipinski definition) is 5. The summed E-state index contributed by atoms with van der Waals surface area (Å²) in [6, 6.07) is 4.41. The van der Waals surface area contributed by atoms with Crippen LogP contribution < -0.4 is 9.47 Å². The maximum Gasteiger partial charge on any atom is 0.124 e. The molecule has 28 heavy (non-hydrogen) atoms. The third-order valence-corrected chi connectivity index (χ3v) is 6.27. The monoisotopic (exact) mass is 388 g/mol. The van der Waals surface area contributed by atoms with Crippen molar-refractivity contribution < 1.29 is 14.2 Å². The highest BCUT2D eigenvalue weighted by atomic mass is 16.5. The minimum Gasteiger partial charge on any atom is -0.494 e. The van der Waals surface area contributed by atoms with Crippen molar-refractivity contribution in [1.29, 1.82) is 0 Å². The molecule has 156 valence electrons. The van der Waals surface area contributed by atoms with Crippen molar-refractivity contribution in [2.45, 2.75) is 64.7 Å². The van der Waals surface area contributed by atoms with Crippen LogP contribution in [0.25, 0.3) is 0 Å². The average molecular weight is 389 g/mol. The second-order valence-electron chi connectivity index (χ2n) is 8.53. The van der Waals surface area contributed by atoms with Gasteiger partial charge in [-0.2, -0.15) is 0 Å². The van der Waals surface area contributed by atoms with E-state index in [1.807, 2.05) is 0 Å². The van der Waals surface area contributed by atoms with Crippen molar-refractivity contribution >= 4 is 0 Å². The molecule has 0 radical (unpaired) electrons. The van der Waals surface area contributed by atoms with E-state index < -0.39 is 0 Å². The van der Waals surface area contributed by atoms with Crippen molar-refractivity contribution in [3.8, 4) is 11.5 Å². The first kappa shape index (κ1) is 20.0. The first-order chi connectivity index (χ1) is 13.7. The molecule has 2 fully saturated rings. The third kappa shape index (κ3) is 5.00. The summed E-state index contributed by atoms with van der Waals surface area (Å²) < 4.78 is 18.1. The summed E-state index contributed by atoms with van der Waals surface area (Å²) in [5.41, 5.74) is 2.54. The van der Waals surface area contributed by atoms with Crippen LogP contribution in [0.3, 0.4) is 0 Å². The predicted octanol–water partition coefficient (Wildman–Crippen LogP) is 3.49. The van der Waals surface area contributed by atoms with Gasteiger partial charge in [0.25, 0.3) is 0 Å². The van der Waals surface area contributed by atoms with E-state index in [0.29, 0.717) is 12.7 Å². The maximum absolute atomic E-state index is 6.16. The van der Waals surface area contributed by atoms with Crippen LogP contribution >= 0.6 is 0 Å². The fraction of sp³-hybridized carbons (Fsp3) is 0.739. The molecule has 3 aliphatic heterocycles. The zero-order chi connectivity index (χ0) is 19.3.